The van der Waals surface area contributed by atoms with Gasteiger partial charge in [-0.3, -0.25) is 9.67 Å². The van der Waals surface area contributed by atoms with Crippen molar-refractivity contribution in [2.75, 3.05) is 0 Å². The number of H-pyrrole nitrogens is 1. The summed E-state index contributed by atoms with van der Waals surface area (Å²) in [6.07, 6.45) is 1.49. The number of nitrogens with one attached hydrogen (secondary N) is 1. The van der Waals surface area contributed by atoms with Gasteiger partial charge in [0.05, 0.1) is 5.02 Å². The van der Waals surface area contributed by atoms with Gasteiger partial charge in [-0.1, -0.05) is 29.8 Å². The molecule has 0 fully saturated rings. The van der Waals surface area contributed by atoms with Crippen molar-refractivity contribution < 1.29 is 4.74 Å². The van der Waals surface area contributed by atoms with Crippen LogP contribution in [0.2, 0.25) is 5.02 Å². The number of rotatable bonds is 5. The van der Waals surface area contributed by atoms with Crippen molar-refractivity contribution in [2.24, 2.45) is 0 Å². The molecule has 6 heteroatoms. The first-order valence-corrected chi connectivity index (χ1v) is 6.59. The third-order valence-electron chi connectivity index (χ3n) is 2.60. The standard InChI is InChI=1S/C13H14ClN3OS/c1-3-8-17-12(15-16-13(17)19)9(2)18-11-7-5-4-6-10(11)14/h3-7,9H,1,8H2,2H3,(H,16,19). The van der Waals surface area contributed by atoms with E-state index in [2.05, 4.69) is 16.8 Å². The first-order chi connectivity index (χ1) is 9.13. The predicted molar refractivity (Wildman–Crippen MR) is 78.1 cm³/mol. The molecule has 2 rings (SSSR count). The molecule has 1 atom stereocenters. The van der Waals surface area contributed by atoms with Gasteiger partial charge in [-0.2, -0.15) is 5.10 Å². The number of hydrogen-bond acceptors (Lipinski definition) is 3. The Kier molecular flexibility index (Phi) is 4.39. The lowest BCUT2D eigenvalue weighted by Gasteiger charge is -2.15. The topological polar surface area (TPSA) is 42.8 Å². The largest absolute Gasteiger partial charge is 0.481 e. The molecule has 0 aliphatic carbocycles. The molecule has 0 saturated carbocycles. The van der Waals surface area contributed by atoms with Gasteiger partial charge in [-0.05, 0) is 31.3 Å². The fraction of sp³-hybridized carbons (Fsp3) is 0.231. The zero-order chi connectivity index (χ0) is 13.8. The van der Waals surface area contributed by atoms with Crippen LogP contribution >= 0.6 is 23.8 Å². The van der Waals surface area contributed by atoms with Crippen LogP contribution in [0.5, 0.6) is 5.75 Å². The molecule has 1 aromatic heterocycles. The summed E-state index contributed by atoms with van der Waals surface area (Å²) in [5, 5.41) is 7.52. The summed E-state index contributed by atoms with van der Waals surface area (Å²) in [6, 6.07) is 7.32. The highest BCUT2D eigenvalue weighted by atomic mass is 35.5. The highest BCUT2D eigenvalue weighted by Gasteiger charge is 2.16. The zero-order valence-electron chi connectivity index (χ0n) is 10.5. The summed E-state index contributed by atoms with van der Waals surface area (Å²) in [7, 11) is 0. The molecule has 100 valence electrons. The predicted octanol–water partition coefficient (Wildman–Crippen LogP) is 3.92. The molecule has 1 N–H and O–H groups in total. The van der Waals surface area contributed by atoms with Crippen molar-refractivity contribution in [1.29, 1.82) is 0 Å². The summed E-state index contributed by atoms with van der Waals surface area (Å²) in [4.78, 5) is 0. The van der Waals surface area contributed by atoms with Crippen LogP contribution in [-0.2, 0) is 6.54 Å². The summed E-state index contributed by atoms with van der Waals surface area (Å²) in [6.45, 7) is 6.19. The van der Waals surface area contributed by atoms with Gasteiger partial charge in [0.15, 0.2) is 16.7 Å². The van der Waals surface area contributed by atoms with E-state index in [0.29, 0.717) is 27.9 Å². The second-order valence-corrected chi connectivity index (χ2v) is 4.77. The van der Waals surface area contributed by atoms with Gasteiger partial charge in [0.1, 0.15) is 5.75 Å². The van der Waals surface area contributed by atoms with Gasteiger partial charge in [-0.25, -0.2) is 0 Å². The van der Waals surface area contributed by atoms with E-state index in [1.54, 1.807) is 12.1 Å². The molecule has 1 heterocycles. The molecule has 1 aromatic carbocycles. The molecular formula is C13H14ClN3OS. The van der Waals surface area contributed by atoms with Crippen molar-refractivity contribution >= 4 is 23.8 Å². The Bertz CT molecular complexity index is 635. The maximum absolute atomic E-state index is 6.07. The number of benzene rings is 1. The summed E-state index contributed by atoms with van der Waals surface area (Å²) in [5.74, 6) is 1.33. The number of halogens is 1. The number of hydrogen-bond donors (Lipinski definition) is 1. The molecule has 0 saturated heterocycles. The molecule has 4 nitrogen and oxygen atoms in total. The molecule has 0 aliphatic rings. The quantitative estimate of drug-likeness (QED) is 0.671. The fourth-order valence-corrected chi connectivity index (χ4v) is 2.12. The van der Waals surface area contributed by atoms with Crippen molar-refractivity contribution in [3.05, 3.63) is 52.5 Å². The Morgan fingerprint density at radius 2 is 2.32 bits per heavy atom. The fourth-order valence-electron chi connectivity index (χ4n) is 1.73. The Morgan fingerprint density at radius 3 is 3.00 bits per heavy atom. The Balaban J connectivity index is 2.25. The monoisotopic (exact) mass is 295 g/mol. The van der Waals surface area contributed by atoms with E-state index in [-0.39, 0.29) is 6.10 Å². The molecule has 2 aromatic rings. The van der Waals surface area contributed by atoms with Gasteiger partial charge in [0.25, 0.3) is 0 Å². The molecule has 0 radical (unpaired) electrons. The summed E-state index contributed by atoms with van der Waals surface area (Å²) < 4.78 is 8.20. The van der Waals surface area contributed by atoms with Crippen LogP contribution < -0.4 is 4.74 Å². The highest BCUT2D eigenvalue weighted by Crippen LogP contribution is 2.27. The van der Waals surface area contributed by atoms with Crippen LogP contribution in [0.15, 0.2) is 36.9 Å². The molecular weight excluding hydrogens is 282 g/mol. The Labute approximate surface area is 121 Å². The van der Waals surface area contributed by atoms with Gasteiger partial charge >= 0.3 is 0 Å². The first-order valence-electron chi connectivity index (χ1n) is 5.80. The number of ether oxygens (including phenoxy) is 1. The van der Waals surface area contributed by atoms with Crippen molar-refractivity contribution in [1.82, 2.24) is 14.8 Å². The minimum Gasteiger partial charge on any atom is -0.481 e. The number of aromatic amines is 1. The third kappa shape index (κ3) is 3.05. The zero-order valence-corrected chi connectivity index (χ0v) is 12.0. The SMILES string of the molecule is C=CCn1c(C(C)Oc2ccccc2Cl)n[nH]c1=S. The Morgan fingerprint density at radius 1 is 1.58 bits per heavy atom. The number of nitrogens with zero attached hydrogens (tertiary/aromatic N) is 2. The minimum absolute atomic E-state index is 0.271. The highest BCUT2D eigenvalue weighted by molar-refractivity contribution is 7.71. The lowest BCUT2D eigenvalue weighted by Crippen LogP contribution is -2.11. The van der Waals surface area contributed by atoms with E-state index in [9.17, 15) is 0 Å². The van der Waals surface area contributed by atoms with Gasteiger partial charge < -0.3 is 4.74 Å². The van der Waals surface area contributed by atoms with Crippen LogP contribution in [0.1, 0.15) is 18.9 Å². The van der Waals surface area contributed by atoms with Gasteiger partial charge in [-0.15, -0.1) is 6.58 Å². The van der Waals surface area contributed by atoms with Crippen LogP contribution in [0.25, 0.3) is 0 Å². The van der Waals surface area contributed by atoms with Gasteiger partial charge in [0, 0.05) is 6.54 Å². The summed E-state index contributed by atoms with van der Waals surface area (Å²) >= 11 is 11.2. The lowest BCUT2D eigenvalue weighted by atomic mass is 10.3. The van der Waals surface area contributed by atoms with E-state index in [1.165, 1.54) is 0 Å². The second-order valence-electron chi connectivity index (χ2n) is 3.98. The van der Waals surface area contributed by atoms with Crippen molar-refractivity contribution in [3.8, 4) is 5.75 Å². The van der Waals surface area contributed by atoms with Crippen molar-refractivity contribution in [3.63, 3.8) is 0 Å². The maximum atomic E-state index is 6.07. The van der Waals surface area contributed by atoms with E-state index in [4.69, 9.17) is 28.6 Å². The third-order valence-corrected chi connectivity index (χ3v) is 3.23. The molecule has 19 heavy (non-hydrogen) atoms. The van der Waals surface area contributed by atoms with Crippen LogP contribution in [0, 0.1) is 4.77 Å². The van der Waals surface area contributed by atoms with Crippen LogP contribution in [0.4, 0.5) is 0 Å². The maximum Gasteiger partial charge on any atom is 0.195 e. The number of para-hydroxylation sites is 1. The molecule has 0 aliphatic heterocycles. The summed E-state index contributed by atoms with van der Waals surface area (Å²) in [5.41, 5.74) is 0. The average molecular weight is 296 g/mol. The second kappa shape index (κ2) is 6.04. The van der Waals surface area contributed by atoms with E-state index >= 15 is 0 Å². The number of aromatic nitrogens is 3. The van der Waals surface area contributed by atoms with Crippen molar-refractivity contribution in [2.45, 2.75) is 19.6 Å². The van der Waals surface area contributed by atoms with E-state index in [0.717, 1.165) is 0 Å². The smallest absolute Gasteiger partial charge is 0.195 e. The number of allylic oxidation sites excluding steroid dienone is 1. The molecule has 0 bridgehead atoms. The van der Waals surface area contributed by atoms with Crippen LogP contribution in [0.3, 0.4) is 0 Å². The molecule has 0 spiro atoms. The van der Waals surface area contributed by atoms with Gasteiger partial charge in [0.2, 0.25) is 0 Å². The van der Waals surface area contributed by atoms with E-state index < -0.39 is 0 Å². The normalized spacial score (nSPS) is 12.1. The first kappa shape index (κ1) is 13.8. The average Bonchev–Trinajstić information content (AvgIpc) is 2.75. The minimum atomic E-state index is -0.271. The Hall–Kier alpha value is -1.59. The van der Waals surface area contributed by atoms with E-state index in [1.807, 2.05) is 29.7 Å². The lowest BCUT2D eigenvalue weighted by molar-refractivity contribution is 0.211. The van der Waals surface area contributed by atoms with Crippen LogP contribution in [-0.4, -0.2) is 14.8 Å². The molecule has 0 amide bonds. The molecule has 1 unspecified atom stereocenters.